The number of aliphatic hydroxyl groups excluding tert-OH is 1. The van der Waals surface area contributed by atoms with Crippen LogP contribution in [0.3, 0.4) is 0 Å². The lowest BCUT2D eigenvalue weighted by atomic mass is 10.0. The molecule has 0 saturated carbocycles. The van der Waals surface area contributed by atoms with Gasteiger partial charge in [-0.1, -0.05) is 12.1 Å². The summed E-state index contributed by atoms with van der Waals surface area (Å²) in [6.07, 6.45) is 5.92. The van der Waals surface area contributed by atoms with Gasteiger partial charge in [-0.2, -0.15) is 0 Å². The first-order valence-corrected chi connectivity index (χ1v) is 14.3. The SMILES string of the molecule is CCOCc1nc2c(N)nc3cc(-c4cncc(CO)c4)ccc3c2n1CCCCN1CCCS1(O)O. The number of imidazole rings is 1. The monoisotopic (exact) mass is 526 g/mol. The molecule has 0 radical (unpaired) electrons. The van der Waals surface area contributed by atoms with Gasteiger partial charge in [-0.05, 0) is 49.4 Å². The Morgan fingerprint density at radius 3 is 2.68 bits per heavy atom. The summed E-state index contributed by atoms with van der Waals surface area (Å²) in [4.78, 5) is 13.7. The van der Waals surface area contributed by atoms with Gasteiger partial charge in [0.05, 0.1) is 23.4 Å². The Labute approximate surface area is 217 Å². The molecule has 10 nitrogen and oxygen atoms in total. The van der Waals surface area contributed by atoms with Crippen molar-refractivity contribution in [1.82, 2.24) is 23.8 Å². The van der Waals surface area contributed by atoms with Gasteiger partial charge < -0.3 is 20.1 Å². The third-order valence-electron chi connectivity index (χ3n) is 6.81. The van der Waals surface area contributed by atoms with E-state index in [9.17, 15) is 14.2 Å². The zero-order valence-electron chi connectivity index (χ0n) is 21.0. The van der Waals surface area contributed by atoms with Crippen molar-refractivity contribution in [3.05, 3.63) is 48.0 Å². The molecule has 0 unspecified atom stereocenters. The van der Waals surface area contributed by atoms with Crippen LogP contribution in [0, 0.1) is 0 Å². The predicted molar refractivity (Wildman–Crippen MR) is 147 cm³/mol. The number of rotatable bonds is 10. The number of benzene rings is 1. The third-order valence-corrected chi connectivity index (χ3v) is 8.84. The molecule has 5 N–H and O–H groups in total. The Hall–Kier alpha value is -2.80. The van der Waals surface area contributed by atoms with Gasteiger partial charge in [-0.25, -0.2) is 14.3 Å². The zero-order valence-corrected chi connectivity index (χ0v) is 21.8. The highest BCUT2D eigenvalue weighted by molar-refractivity contribution is 8.22. The topological polar surface area (TPSA) is 143 Å². The van der Waals surface area contributed by atoms with E-state index in [1.165, 1.54) is 0 Å². The minimum atomic E-state index is -2.59. The van der Waals surface area contributed by atoms with E-state index >= 15 is 0 Å². The Morgan fingerprint density at radius 2 is 1.92 bits per heavy atom. The third kappa shape index (κ3) is 5.28. The molecule has 3 aromatic heterocycles. The molecule has 37 heavy (non-hydrogen) atoms. The highest BCUT2D eigenvalue weighted by Gasteiger charge is 2.28. The Balaban J connectivity index is 1.49. The molecule has 198 valence electrons. The fraction of sp³-hybridized carbons (Fsp3) is 0.423. The van der Waals surface area contributed by atoms with Gasteiger partial charge in [0, 0.05) is 49.6 Å². The lowest BCUT2D eigenvalue weighted by Gasteiger charge is -2.36. The Bertz CT molecular complexity index is 1410. The van der Waals surface area contributed by atoms with E-state index in [-0.39, 0.29) is 6.61 Å². The van der Waals surface area contributed by atoms with Crippen molar-refractivity contribution in [2.75, 3.05) is 31.2 Å². The molecule has 0 amide bonds. The quantitative estimate of drug-likeness (QED) is 0.221. The standard InChI is InChI=1S/C26H34N6O4S/c1-2-36-17-23-30-24-25(32(23)10-4-3-8-31-9-5-11-37(31,34)35)21-7-6-19(13-22(21)29-26(24)27)20-12-18(16-33)14-28-15-20/h6-7,12-15,33-35H,2-5,8-11,16-17H2,1H3,(H2,27,29). The van der Waals surface area contributed by atoms with E-state index in [1.54, 1.807) is 12.4 Å². The van der Waals surface area contributed by atoms with Crippen LogP contribution in [0.2, 0.25) is 0 Å². The van der Waals surface area contributed by atoms with Crippen molar-refractivity contribution in [1.29, 1.82) is 0 Å². The number of aryl methyl sites for hydroxylation is 1. The molecule has 4 aromatic rings. The van der Waals surface area contributed by atoms with Gasteiger partial charge in [0.25, 0.3) is 0 Å². The van der Waals surface area contributed by atoms with E-state index in [0.29, 0.717) is 43.4 Å². The predicted octanol–water partition coefficient (Wildman–Crippen LogP) is 4.41. The van der Waals surface area contributed by atoms with Gasteiger partial charge >= 0.3 is 0 Å². The van der Waals surface area contributed by atoms with Gasteiger partial charge in [0.15, 0.2) is 5.82 Å². The van der Waals surface area contributed by atoms with Crippen molar-refractivity contribution in [3.63, 3.8) is 0 Å². The maximum Gasteiger partial charge on any atom is 0.152 e. The number of nitrogens with zero attached hydrogens (tertiary/aromatic N) is 5. The number of unbranched alkanes of at least 4 members (excludes halogenated alkanes) is 1. The van der Waals surface area contributed by atoms with Gasteiger partial charge in [0.2, 0.25) is 0 Å². The van der Waals surface area contributed by atoms with E-state index in [4.69, 9.17) is 15.5 Å². The number of aromatic nitrogens is 4. The number of nitrogen functional groups attached to an aromatic ring is 1. The van der Waals surface area contributed by atoms with Crippen LogP contribution < -0.4 is 5.73 Å². The van der Waals surface area contributed by atoms with Crippen LogP contribution in [-0.2, 0) is 24.5 Å². The number of anilines is 1. The first kappa shape index (κ1) is 25.8. The van der Waals surface area contributed by atoms with E-state index in [1.807, 2.05) is 35.5 Å². The molecule has 0 spiro atoms. The second-order valence-corrected chi connectivity index (χ2v) is 11.5. The first-order valence-electron chi connectivity index (χ1n) is 12.6. The fourth-order valence-electron chi connectivity index (χ4n) is 4.94. The molecule has 1 aliphatic rings. The van der Waals surface area contributed by atoms with Crippen LogP contribution in [0.25, 0.3) is 33.1 Å². The van der Waals surface area contributed by atoms with Crippen LogP contribution >= 0.6 is 10.8 Å². The smallest absolute Gasteiger partial charge is 0.152 e. The summed E-state index contributed by atoms with van der Waals surface area (Å²) in [5, 5.41) is 10.4. The molecule has 1 aliphatic heterocycles. The molecular weight excluding hydrogens is 492 g/mol. The van der Waals surface area contributed by atoms with Crippen molar-refractivity contribution >= 4 is 38.5 Å². The number of pyridine rings is 2. The van der Waals surface area contributed by atoms with Gasteiger partial charge in [0.1, 0.15) is 17.9 Å². The van der Waals surface area contributed by atoms with E-state index in [0.717, 1.165) is 64.7 Å². The highest BCUT2D eigenvalue weighted by Crippen LogP contribution is 2.48. The number of ether oxygens (including phenoxy) is 1. The van der Waals surface area contributed by atoms with Crippen LogP contribution in [0.1, 0.15) is 37.6 Å². The van der Waals surface area contributed by atoms with Crippen LogP contribution in [0.4, 0.5) is 5.82 Å². The van der Waals surface area contributed by atoms with Gasteiger partial charge in [-0.15, -0.1) is 10.8 Å². The van der Waals surface area contributed by atoms with Gasteiger partial charge in [-0.3, -0.25) is 14.1 Å². The van der Waals surface area contributed by atoms with Crippen molar-refractivity contribution < 1.29 is 18.9 Å². The van der Waals surface area contributed by atoms with E-state index in [2.05, 4.69) is 14.5 Å². The first-order chi connectivity index (χ1) is 17.9. The molecule has 4 heterocycles. The lowest BCUT2D eigenvalue weighted by molar-refractivity contribution is 0.126. The molecule has 11 heteroatoms. The average molecular weight is 527 g/mol. The van der Waals surface area contributed by atoms with Crippen molar-refractivity contribution in [3.8, 4) is 11.1 Å². The second kappa shape index (κ2) is 10.9. The normalized spacial score (nSPS) is 16.6. The number of aliphatic hydroxyl groups is 1. The summed E-state index contributed by atoms with van der Waals surface area (Å²) in [6, 6.07) is 7.96. The maximum absolute atomic E-state index is 10.2. The second-order valence-electron chi connectivity index (χ2n) is 9.31. The summed E-state index contributed by atoms with van der Waals surface area (Å²) >= 11 is 0. The summed E-state index contributed by atoms with van der Waals surface area (Å²) in [5.41, 5.74) is 11.3. The average Bonchev–Trinajstić information content (AvgIpc) is 3.44. The molecule has 0 aliphatic carbocycles. The molecule has 1 aromatic carbocycles. The number of fused-ring (bicyclic) bond motifs is 3. The van der Waals surface area contributed by atoms with E-state index < -0.39 is 10.8 Å². The fourth-order valence-corrected chi connectivity index (χ4v) is 6.56. The largest absolute Gasteiger partial charge is 0.392 e. The van der Waals surface area contributed by atoms with Crippen LogP contribution in [-0.4, -0.2) is 63.5 Å². The lowest BCUT2D eigenvalue weighted by Crippen LogP contribution is -2.24. The zero-order chi connectivity index (χ0) is 26.0. The minimum absolute atomic E-state index is 0.0707. The number of hydrogen-bond acceptors (Lipinski definition) is 9. The number of hydrogen-bond donors (Lipinski definition) is 4. The Morgan fingerprint density at radius 1 is 1.08 bits per heavy atom. The van der Waals surface area contributed by atoms with Crippen LogP contribution in [0.5, 0.6) is 0 Å². The molecular formula is C26H34N6O4S. The molecule has 1 saturated heterocycles. The summed E-state index contributed by atoms with van der Waals surface area (Å²) in [5.74, 6) is 1.63. The van der Waals surface area contributed by atoms with Crippen LogP contribution in [0.15, 0.2) is 36.7 Å². The summed E-state index contributed by atoms with van der Waals surface area (Å²) in [7, 11) is -2.59. The molecule has 1 fully saturated rings. The summed E-state index contributed by atoms with van der Waals surface area (Å²) in [6.45, 7) is 4.93. The molecule has 0 bridgehead atoms. The Kier molecular flexibility index (Phi) is 7.61. The van der Waals surface area contributed by atoms with Crippen molar-refractivity contribution in [2.45, 2.75) is 45.9 Å². The summed E-state index contributed by atoms with van der Waals surface area (Å²) < 4.78 is 30.1. The minimum Gasteiger partial charge on any atom is -0.392 e. The number of nitrogens with two attached hydrogens (primary N) is 1. The maximum atomic E-state index is 10.2. The highest BCUT2D eigenvalue weighted by atomic mass is 32.3. The molecule has 0 atom stereocenters. The van der Waals surface area contributed by atoms with Crippen molar-refractivity contribution in [2.24, 2.45) is 0 Å². The molecule has 5 rings (SSSR count).